The van der Waals surface area contributed by atoms with E-state index in [4.69, 9.17) is 10.2 Å². The Balaban J connectivity index is 1.41. The summed E-state index contributed by atoms with van der Waals surface area (Å²) in [6.45, 7) is 2.23. The van der Waals surface area contributed by atoms with Gasteiger partial charge in [-0.3, -0.25) is 4.79 Å². The van der Waals surface area contributed by atoms with Crippen LogP contribution in [0, 0.1) is 0 Å². The van der Waals surface area contributed by atoms with Crippen LogP contribution in [-0.4, -0.2) is 38.6 Å². The van der Waals surface area contributed by atoms with Gasteiger partial charge in [0.15, 0.2) is 17.2 Å². The number of carbonyl (C=O) groups excluding carboxylic acids is 1. The van der Waals surface area contributed by atoms with Gasteiger partial charge in [0, 0.05) is 30.0 Å². The van der Waals surface area contributed by atoms with Crippen LogP contribution in [0.1, 0.15) is 29.8 Å². The molecule has 0 unspecified atom stereocenters. The van der Waals surface area contributed by atoms with Gasteiger partial charge in [0.25, 0.3) is 5.91 Å². The Morgan fingerprint density at radius 2 is 1.90 bits per heavy atom. The average molecular weight is 403 g/mol. The number of furan rings is 1. The van der Waals surface area contributed by atoms with Gasteiger partial charge < -0.3 is 20.4 Å². The van der Waals surface area contributed by atoms with Crippen molar-refractivity contribution in [2.75, 3.05) is 23.3 Å². The molecule has 4 aromatic rings. The number of nitrogens with two attached hydrogens (primary N) is 1. The van der Waals surface area contributed by atoms with Gasteiger partial charge >= 0.3 is 0 Å². The van der Waals surface area contributed by atoms with E-state index in [0.29, 0.717) is 22.7 Å². The number of nitrogens with one attached hydrogen (secondary N) is 1. The summed E-state index contributed by atoms with van der Waals surface area (Å²) in [6.07, 6.45) is 8.37. The number of primary amides is 1. The molecule has 3 aromatic heterocycles. The molecule has 1 amide bonds. The summed E-state index contributed by atoms with van der Waals surface area (Å²) in [5.74, 6) is 0.0326. The predicted octanol–water partition coefficient (Wildman–Crippen LogP) is 3.22. The number of benzene rings is 1. The molecule has 1 aliphatic rings. The topological polar surface area (TPSA) is 115 Å². The summed E-state index contributed by atoms with van der Waals surface area (Å²) < 4.78 is 6.86. The van der Waals surface area contributed by atoms with Crippen molar-refractivity contribution < 1.29 is 9.21 Å². The van der Waals surface area contributed by atoms with E-state index in [-0.39, 0.29) is 5.76 Å². The molecule has 0 spiro atoms. The highest BCUT2D eigenvalue weighted by Gasteiger charge is 2.16. The van der Waals surface area contributed by atoms with Crippen molar-refractivity contribution in [2.45, 2.75) is 19.3 Å². The number of anilines is 3. The third-order valence-corrected chi connectivity index (χ3v) is 5.29. The second kappa shape index (κ2) is 7.51. The van der Waals surface area contributed by atoms with Crippen molar-refractivity contribution in [1.29, 1.82) is 0 Å². The second-order valence-electron chi connectivity index (χ2n) is 7.27. The van der Waals surface area contributed by atoms with Gasteiger partial charge in [0.1, 0.15) is 12.6 Å². The molecule has 1 fully saturated rings. The molecule has 9 nitrogen and oxygen atoms in total. The zero-order chi connectivity index (χ0) is 20.5. The number of aromatic nitrogens is 4. The van der Waals surface area contributed by atoms with E-state index >= 15 is 0 Å². The molecule has 4 heterocycles. The first-order valence-electron chi connectivity index (χ1n) is 9.88. The molecule has 0 atom stereocenters. The van der Waals surface area contributed by atoms with E-state index in [1.807, 2.05) is 12.1 Å². The van der Waals surface area contributed by atoms with Gasteiger partial charge in [0.2, 0.25) is 0 Å². The van der Waals surface area contributed by atoms with Gasteiger partial charge in [0.05, 0.1) is 11.9 Å². The number of hydrogen-bond donors (Lipinski definition) is 2. The van der Waals surface area contributed by atoms with Crippen LogP contribution >= 0.6 is 0 Å². The second-order valence-corrected chi connectivity index (χ2v) is 7.27. The number of amides is 1. The van der Waals surface area contributed by atoms with Gasteiger partial charge in [-0.1, -0.05) is 0 Å². The molecule has 1 aromatic carbocycles. The Bertz CT molecular complexity index is 1190. The zero-order valence-electron chi connectivity index (χ0n) is 16.3. The van der Waals surface area contributed by atoms with E-state index in [0.717, 1.165) is 18.8 Å². The van der Waals surface area contributed by atoms with E-state index in [1.54, 1.807) is 16.8 Å². The van der Waals surface area contributed by atoms with Crippen LogP contribution in [0.15, 0.2) is 53.5 Å². The molecule has 30 heavy (non-hydrogen) atoms. The molecule has 9 heteroatoms. The Morgan fingerprint density at radius 1 is 1.10 bits per heavy atom. The largest absolute Gasteiger partial charge is 0.458 e. The fourth-order valence-corrected chi connectivity index (χ4v) is 3.75. The van der Waals surface area contributed by atoms with Crippen molar-refractivity contribution >= 4 is 28.7 Å². The van der Waals surface area contributed by atoms with Crippen LogP contribution < -0.4 is 16.0 Å². The van der Waals surface area contributed by atoms with Crippen LogP contribution in [0.5, 0.6) is 0 Å². The average Bonchev–Trinajstić information content (AvgIpc) is 3.46. The summed E-state index contributed by atoms with van der Waals surface area (Å²) in [7, 11) is 0. The Hall–Kier alpha value is -3.88. The maximum Gasteiger partial charge on any atom is 0.284 e. The normalized spacial score (nSPS) is 14.2. The number of rotatable bonds is 5. The molecule has 1 saturated heterocycles. The molecular formula is C21H21N7O2. The van der Waals surface area contributed by atoms with Crippen molar-refractivity contribution in [3.63, 3.8) is 0 Å². The SMILES string of the molecule is NC(=O)c1cc(-c2cnc(Nc3ccc(N4CCCCC4)cc3)c3ncnn23)co1. The molecule has 5 rings (SSSR count). The van der Waals surface area contributed by atoms with Crippen LogP contribution in [-0.2, 0) is 0 Å². The molecule has 0 bridgehead atoms. The first kappa shape index (κ1) is 18.2. The lowest BCUT2D eigenvalue weighted by molar-refractivity contribution is 0.0974. The monoisotopic (exact) mass is 403 g/mol. The minimum absolute atomic E-state index is 0.0780. The van der Waals surface area contributed by atoms with Crippen LogP contribution in [0.25, 0.3) is 16.9 Å². The van der Waals surface area contributed by atoms with Crippen molar-refractivity contribution in [2.24, 2.45) is 5.73 Å². The summed E-state index contributed by atoms with van der Waals surface area (Å²) >= 11 is 0. The van der Waals surface area contributed by atoms with Crippen LogP contribution in [0.2, 0.25) is 0 Å². The summed E-state index contributed by atoms with van der Waals surface area (Å²) in [5, 5.41) is 7.60. The molecule has 0 saturated carbocycles. The van der Waals surface area contributed by atoms with Crippen molar-refractivity contribution in [3.05, 3.63) is 54.9 Å². The Morgan fingerprint density at radius 3 is 2.63 bits per heavy atom. The molecular weight excluding hydrogens is 382 g/mol. The molecule has 152 valence electrons. The first-order valence-corrected chi connectivity index (χ1v) is 9.88. The lowest BCUT2D eigenvalue weighted by Crippen LogP contribution is -2.29. The maximum absolute atomic E-state index is 11.3. The van der Waals surface area contributed by atoms with E-state index in [9.17, 15) is 4.79 Å². The van der Waals surface area contributed by atoms with Crippen molar-refractivity contribution in [3.8, 4) is 11.3 Å². The quantitative estimate of drug-likeness (QED) is 0.526. The summed E-state index contributed by atoms with van der Waals surface area (Å²) in [4.78, 5) is 22.6. The lowest BCUT2D eigenvalue weighted by atomic mass is 10.1. The van der Waals surface area contributed by atoms with Gasteiger partial charge in [-0.25, -0.2) is 14.5 Å². The highest BCUT2D eigenvalue weighted by molar-refractivity contribution is 5.91. The third kappa shape index (κ3) is 3.34. The molecule has 0 radical (unpaired) electrons. The molecule has 3 N–H and O–H groups in total. The number of nitrogens with zero attached hydrogens (tertiary/aromatic N) is 5. The van der Waals surface area contributed by atoms with Gasteiger partial charge in [-0.15, -0.1) is 0 Å². The zero-order valence-corrected chi connectivity index (χ0v) is 16.3. The number of hydrogen-bond acceptors (Lipinski definition) is 7. The highest BCUT2D eigenvalue weighted by atomic mass is 16.3. The predicted molar refractivity (Wildman–Crippen MR) is 113 cm³/mol. The maximum atomic E-state index is 11.3. The van der Waals surface area contributed by atoms with Gasteiger partial charge in [-0.2, -0.15) is 5.10 Å². The molecule has 1 aliphatic heterocycles. The Labute approximate surface area is 172 Å². The highest BCUT2D eigenvalue weighted by Crippen LogP contribution is 2.27. The number of carbonyl (C=O) groups is 1. The first-order chi connectivity index (χ1) is 14.7. The Kier molecular flexibility index (Phi) is 4.55. The van der Waals surface area contributed by atoms with Crippen molar-refractivity contribution in [1.82, 2.24) is 19.6 Å². The number of piperidine rings is 1. The smallest absolute Gasteiger partial charge is 0.284 e. The fraction of sp³-hybridized carbons (Fsp3) is 0.238. The standard InChI is InChI=1S/C21H21N7O2/c22-19(29)18-10-14(12-30-18)17-11-23-20(21-24-13-25-28(17)21)26-15-4-6-16(7-5-15)27-8-2-1-3-9-27/h4-7,10-13H,1-3,8-9H2,(H2,22,29)(H,23,26). The number of fused-ring (bicyclic) bond motifs is 1. The fourth-order valence-electron chi connectivity index (χ4n) is 3.75. The minimum atomic E-state index is -0.629. The van der Waals surface area contributed by atoms with E-state index in [2.05, 4.69) is 37.4 Å². The van der Waals surface area contributed by atoms with E-state index in [1.165, 1.54) is 37.5 Å². The molecule has 0 aliphatic carbocycles. The minimum Gasteiger partial charge on any atom is -0.458 e. The lowest BCUT2D eigenvalue weighted by Gasteiger charge is -2.28. The van der Waals surface area contributed by atoms with E-state index < -0.39 is 5.91 Å². The summed E-state index contributed by atoms with van der Waals surface area (Å²) in [6, 6.07) is 9.90. The third-order valence-electron chi connectivity index (χ3n) is 5.29. The van der Waals surface area contributed by atoms with Gasteiger partial charge in [-0.05, 0) is 49.6 Å². The summed E-state index contributed by atoms with van der Waals surface area (Å²) in [5.41, 5.74) is 9.27. The van der Waals surface area contributed by atoms with Crippen LogP contribution in [0.4, 0.5) is 17.2 Å². The van der Waals surface area contributed by atoms with Crippen LogP contribution in [0.3, 0.4) is 0 Å².